The molecule has 0 spiro atoms. The Balaban J connectivity index is 0.0000185. The van der Waals surface area contributed by atoms with Gasteiger partial charge in [0.15, 0.2) is 42.7 Å². The summed E-state index contributed by atoms with van der Waals surface area (Å²) in [7, 11) is -11.0. The number of rotatable bonds is 14. The maximum Gasteiger partial charge on any atom is 1.00 e. The van der Waals surface area contributed by atoms with Gasteiger partial charge in [-0.1, -0.05) is 0 Å². The first-order valence-electron chi connectivity index (χ1n) is 12.0. The molecule has 1 aliphatic carbocycles. The summed E-state index contributed by atoms with van der Waals surface area (Å²) in [6.45, 7) is 3.76. The number of ether oxygens (including phenoxy) is 6. The van der Waals surface area contributed by atoms with Crippen LogP contribution in [0, 0.1) is 0 Å². The topological polar surface area (TPSA) is 280 Å². The van der Waals surface area contributed by atoms with Crippen LogP contribution in [0.5, 0.6) is 0 Å². The van der Waals surface area contributed by atoms with Crippen LogP contribution < -0.4 is 51.4 Å². The summed E-state index contributed by atoms with van der Waals surface area (Å²) in [5.41, 5.74) is 0. The average Bonchev–Trinajstić information content (AvgIpc) is 2.80. The van der Waals surface area contributed by atoms with Gasteiger partial charge in [-0.15, -0.1) is 0 Å². The van der Waals surface area contributed by atoms with E-state index in [1.807, 2.05) is 0 Å². The van der Waals surface area contributed by atoms with Gasteiger partial charge in [0.1, 0.15) is 6.61 Å². The second-order valence-electron chi connectivity index (χ2n) is 8.73. The van der Waals surface area contributed by atoms with Crippen molar-refractivity contribution in [3.05, 3.63) is 0 Å². The molecule has 1 aliphatic rings. The van der Waals surface area contributed by atoms with Crippen molar-refractivity contribution in [3.8, 4) is 0 Å². The molecular weight excluding hydrogens is 673 g/mol. The van der Waals surface area contributed by atoms with Crippen molar-refractivity contribution in [1.82, 2.24) is 0 Å². The smallest absolute Gasteiger partial charge is 0.462 e. The zero-order valence-corrected chi connectivity index (χ0v) is 29.5. The monoisotopic (exact) mass is 705 g/mol. The Labute approximate surface area is 292 Å². The number of phosphoric ester groups is 2. The molecule has 4 unspecified atom stereocenters. The van der Waals surface area contributed by atoms with Crippen LogP contribution in [0.3, 0.4) is 0 Å². The van der Waals surface area contributed by atoms with Crippen LogP contribution in [-0.2, 0) is 79.9 Å². The quantitative estimate of drug-likeness (QED) is 0.0676. The molecule has 1 fully saturated rings. The van der Waals surface area contributed by atoms with Gasteiger partial charge in [-0.3, -0.25) is 42.3 Å². The maximum atomic E-state index is 13.1. The Morgan fingerprint density at radius 2 is 0.932 bits per heavy atom. The molecule has 0 amide bonds. The molecule has 0 aliphatic heterocycles. The normalized spacial score (nSPS) is 25.1. The van der Waals surface area contributed by atoms with E-state index in [1.54, 1.807) is 0 Å². The fourth-order valence-corrected chi connectivity index (χ4v) is 5.27. The van der Waals surface area contributed by atoms with Gasteiger partial charge < -0.3 is 43.1 Å². The number of hydrogen-bond acceptors (Lipinski definition) is 17. The molecule has 0 aromatic rings. The Hall–Kier alpha value is -1.32. The van der Waals surface area contributed by atoms with Crippen molar-refractivity contribution in [1.29, 1.82) is 0 Å². The van der Waals surface area contributed by atoms with Gasteiger partial charge in [-0.25, -0.2) is 9.13 Å². The number of hydrogen-bond donors (Lipinski definition) is 3. The first-order chi connectivity index (χ1) is 19.6. The first-order valence-corrected chi connectivity index (χ1v) is 15.0. The van der Waals surface area contributed by atoms with Crippen LogP contribution in [-0.4, -0.2) is 106 Å². The van der Waals surface area contributed by atoms with Gasteiger partial charge in [0.25, 0.3) is 0 Å². The molecule has 3 N–H and O–H groups in total. The Morgan fingerprint density at radius 1 is 0.568 bits per heavy atom. The van der Waals surface area contributed by atoms with Gasteiger partial charge >= 0.3 is 103 Å². The molecule has 8 atom stereocenters. The van der Waals surface area contributed by atoms with Crippen LogP contribution in [0.2, 0.25) is 0 Å². The Bertz CT molecular complexity index is 1110. The summed E-state index contributed by atoms with van der Waals surface area (Å²) in [4.78, 5) is 100. The SMILES string of the molecule is CC(=O)OCC(COP(=O)(O)OC1[C@@H](OC(C)=O)[C@H](OC(C)=O)C(OP(=O)(O)O)[C@H](OC(C)=O)[C@@H]1OC(C)=O)OC(C)=O.[K+]. The molecule has 1 saturated carbocycles. The fourth-order valence-electron chi connectivity index (χ4n) is 3.75. The third-order valence-electron chi connectivity index (χ3n) is 4.89. The molecule has 20 nitrogen and oxygen atoms in total. The van der Waals surface area contributed by atoms with Gasteiger partial charge in [-0.2, -0.15) is 0 Å². The van der Waals surface area contributed by atoms with Gasteiger partial charge in [0, 0.05) is 41.5 Å². The minimum Gasteiger partial charge on any atom is -0.462 e. The van der Waals surface area contributed by atoms with E-state index in [-0.39, 0.29) is 51.4 Å². The predicted molar refractivity (Wildman–Crippen MR) is 132 cm³/mol. The largest absolute Gasteiger partial charge is 1.00 e. The zero-order chi connectivity index (χ0) is 33.3. The molecular formula is C21H32KO20P2+. The van der Waals surface area contributed by atoms with E-state index in [1.165, 1.54) is 0 Å². The fraction of sp³-hybridized carbons (Fsp3) is 0.714. The third-order valence-corrected chi connectivity index (χ3v) is 6.40. The van der Waals surface area contributed by atoms with Gasteiger partial charge in [-0.05, 0) is 0 Å². The molecule has 0 bridgehead atoms. The van der Waals surface area contributed by atoms with Gasteiger partial charge in [0.05, 0.1) is 6.61 Å². The summed E-state index contributed by atoms with van der Waals surface area (Å²) in [6, 6.07) is 0. The molecule has 246 valence electrons. The van der Waals surface area contributed by atoms with Crippen LogP contribution in [0.4, 0.5) is 0 Å². The molecule has 0 aromatic heterocycles. The molecule has 44 heavy (non-hydrogen) atoms. The summed E-state index contributed by atoms with van der Waals surface area (Å²) in [5, 5.41) is 0. The van der Waals surface area contributed by atoms with E-state index in [4.69, 9.17) is 42.0 Å². The van der Waals surface area contributed by atoms with Crippen LogP contribution >= 0.6 is 15.6 Å². The Kier molecular flexibility index (Phi) is 18.2. The second kappa shape index (κ2) is 18.7. The second-order valence-corrected chi connectivity index (χ2v) is 11.3. The summed E-state index contributed by atoms with van der Waals surface area (Å²) < 4.78 is 69.4. The summed E-state index contributed by atoms with van der Waals surface area (Å²) in [5.74, 6) is -6.34. The molecule has 1 rings (SSSR count). The van der Waals surface area contributed by atoms with Crippen molar-refractivity contribution < 1.29 is 146 Å². The van der Waals surface area contributed by atoms with Crippen LogP contribution in [0.25, 0.3) is 0 Å². The minimum absolute atomic E-state index is 0. The van der Waals surface area contributed by atoms with Crippen molar-refractivity contribution in [2.45, 2.75) is 84.3 Å². The number of carbonyl (C=O) groups excluding carboxylic acids is 6. The minimum atomic E-state index is -5.54. The predicted octanol–water partition coefficient (Wildman–Crippen LogP) is -3.79. The van der Waals surface area contributed by atoms with Crippen LogP contribution in [0.1, 0.15) is 41.5 Å². The number of phosphoric acid groups is 2. The van der Waals surface area contributed by atoms with E-state index in [2.05, 4.69) is 0 Å². The summed E-state index contributed by atoms with van der Waals surface area (Å²) >= 11 is 0. The van der Waals surface area contributed by atoms with Crippen molar-refractivity contribution in [2.24, 2.45) is 0 Å². The average molecular weight is 706 g/mol. The first kappa shape index (κ1) is 42.7. The maximum absolute atomic E-state index is 13.1. The van der Waals surface area contributed by atoms with Crippen molar-refractivity contribution >= 4 is 51.5 Å². The molecule has 0 saturated heterocycles. The zero-order valence-electron chi connectivity index (χ0n) is 24.6. The van der Waals surface area contributed by atoms with Crippen molar-refractivity contribution in [2.75, 3.05) is 13.2 Å². The van der Waals surface area contributed by atoms with E-state index < -0.39 is 107 Å². The van der Waals surface area contributed by atoms with Gasteiger partial charge in [0.2, 0.25) is 0 Å². The standard InChI is InChI=1S/C21H32O20P2.K/c1-9(22)33-7-15(35-10(2)23)8-34-43(31,32)41-21-18(38-13(5)26)16(36-11(3)24)20(40-42(28,29)30)17(37-12(4)25)19(21)39-14(6)27;/h15-21H,7-8H2,1-6H3,(H,31,32)(H2,28,29,30);/q;+1/t15?,16-,17+,18-,19-,20?,21?;/m0./s1. The van der Waals surface area contributed by atoms with E-state index >= 15 is 0 Å². The summed E-state index contributed by atoms with van der Waals surface area (Å²) in [6.07, 6.45) is -14.4. The molecule has 0 heterocycles. The molecule has 0 aromatic carbocycles. The van der Waals surface area contributed by atoms with E-state index in [0.717, 1.165) is 41.5 Å². The molecule has 23 heteroatoms. The van der Waals surface area contributed by atoms with E-state index in [0.29, 0.717) is 0 Å². The number of esters is 6. The third kappa shape index (κ3) is 15.8. The number of carbonyl (C=O) groups is 6. The Morgan fingerprint density at radius 3 is 1.23 bits per heavy atom. The van der Waals surface area contributed by atoms with Crippen molar-refractivity contribution in [3.63, 3.8) is 0 Å². The van der Waals surface area contributed by atoms with Crippen LogP contribution in [0.15, 0.2) is 0 Å². The molecule has 0 radical (unpaired) electrons. The van der Waals surface area contributed by atoms with E-state index in [9.17, 15) is 52.6 Å².